The van der Waals surface area contributed by atoms with Crippen LogP contribution in [0.4, 0.5) is 4.79 Å². The topological polar surface area (TPSA) is 72.9 Å². The summed E-state index contributed by atoms with van der Waals surface area (Å²) >= 11 is 0. The minimum atomic E-state index is -0.621. The highest BCUT2D eigenvalue weighted by Crippen LogP contribution is 2.15. The van der Waals surface area contributed by atoms with Crippen LogP contribution in [-0.2, 0) is 19.1 Å². The molecule has 1 heterocycles. The number of esters is 1. The first kappa shape index (κ1) is 14.5. The summed E-state index contributed by atoms with van der Waals surface area (Å²) in [4.78, 5) is 35.4. The van der Waals surface area contributed by atoms with Crippen LogP contribution < -0.4 is 0 Å². The zero-order chi connectivity index (χ0) is 13.8. The number of carbonyl (C=O) groups is 3. The van der Waals surface area contributed by atoms with Crippen LogP contribution in [-0.4, -0.2) is 42.6 Å². The molecule has 0 aromatic heterocycles. The van der Waals surface area contributed by atoms with Crippen molar-refractivity contribution in [3.63, 3.8) is 0 Å². The fraction of sp³-hybridized carbons (Fsp3) is 0.750. The average Bonchev–Trinajstić information content (AvgIpc) is 2.28. The number of ether oxygens (including phenoxy) is 2. The number of nitrogens with zero attached hydrogens (tertiary/aromatic N) is 1. The minimum absolute atomic E-state index is 0.151. The summed E-state index contributed by atoms with van der Waals surface area (Å²) in [5.74, 6) is -0.276. The van der Waals surface area contributed by atoms with Crippen LogP contribution in [0.15, 0.2) is 0 Å². The Morgan fingerprint density at radius 3 is 2.22 bits per heavy atom. The standard InChI is InChI=1S/C12H19NO5/c1-12(2,3)10(15)17-8-18-11(16)13-6-4-9(14)5-7-13/h4-8H2,1-3H3. The van der Waals surface area contributed by atoms with Gasteiger partial charge in [-0.25, -0.2) is 4.79 Å². The van der Waals surface area contributed by atoms with Crippen molar-refractivity contribution in [3.8, 4) is 0 Å². The van der Waals surface area contributed by atoms with Gasteiger partial charge in [0.15, 0.2) is 0 Å². The first-order valence-corrected chi connectivity index (χ1v) is 5.91. The predicted octanol–water partition coefficient (Wildman–Crippen LogP) is 1.33. The third kappa shape index (κ3) is 4.35. The predicted molar refractivity (Wildman–Crippen MR) is 62.7 cm³/mol. The van der Waals surface area contributed by atoms with Crippen molar-refractivity contribution in [2.45, 2.75) is 33.6 Å². The zero-order valence-electron chi connectivity index (χ0n) is 11.0. The van der Waals surface area contributed by atoms with Gasteiger partial charge in [0, 0.05) is 25.9 Å². The Morgan fingerprint density at radius 1 is 1.17 bits per heavy atom. The summed E-state index contributed by atoms with van der Waals surface area (Å²) < 4.78 is 9.63. The van der Waals surface area contributed by atoms with E-state index < -0.39 is 17.5 Å². The van der Waals surface area contributed by atoms with Crippen molar-refractivity contribution in [1.82, 2.24) is 4.90 Å². The molecule has 1 fully saturated rings. The van der Waals surface area contributed by atoms with Crippen molar-refractivity contribution in [1.29, 1.82) is 0 Å². The van der Waals surface area contributed by atoms with E-state index in [9.17, 15) is 14.4 Å². The van der Waals surface area contributed by atoms with Gasteiger partial charge in [0.25, 0.3) is 0 Å². The molecule has 6 nitrogen and oxygen atoms in total. The van der Waals surface area contributed by atoms with Crippen LogP contribution in [0.25, 0.3) is 0 Å². The summed E-state index contributed by atoms with van der Waals surface area (Å²) in [6.07, 6.45) is 0.164. The summed E-state index contributed by atoms with van der Waals surface area (Å²) in [5.41, 5.74) is -0.621. The molecule has 0 spiro atoms. The van der Waals surface area contributed by atoms with E-state index in [0.29, 0.717) is 25.9 Å². The van der Waals surface area contributed by atoms with Crippen LogP contribution in [0.1, 0.15) is 33.6 Å². The maximum Gasteiger partial charge on any atom is 0.412 e. The van der Waals surface area contributed by atoms with Crippen molar-refractivity contribution < 1.29 is 23.9 Å². The van der Waals surface area contributed by atoms with E-state index in [-0.39, 0.29) is 12.6 Å². The minimum Gasteiger partial charge on any atom is -0.427 e. The number of ketones is 1. The molecule has 0 N–H and O–H groups in total. The molecule has 0 bridgehead atoms. The Morgan fingerprint density at radius 2 is 1.72 bits per heavy atom. The molecule has 1 aliphatic rings. The molecule has 6 heteroatoms. The molecule has 0 aromatic carbocycles. The second kappa shape index (κ2) is 5.84. The average molecular weight is 257 g/mol. The Labute approximate surface area is 106 Å². The second-order valence-corrected chi connectivity index (χ2v) is 5.24. The SMILES string of the molecule is CC(C)(C)C(=O)OCOC(=O)N1CCC(=O)CC1. The van der Waals surface area contributed by atoms with Crippen molar-refractivity contribution in [2.75, 3.05) is 19.9 Å². The van der Waals surface area contributed by atoms with Crippen molar-refractivity contribution in [3.05, 3.63) is 0 Å². The fourth-order valence-electron chi connectivity index (χ4n) is 1.38. The first-order valence-electron chi connectivity index (χ1n) is 5.91. The summed E-state index contributed by atoms with van der Waals surface area (Å²) in [5, 5.41) is 0. The van der Waals surface area contributed by atoms with Crippen LogP contribution in [0, 0.1) is 5.41 Å². The Kier molecular flexibility index (Phi) is 4.69. The monoisotopic (exact) mass is 257 g/mol. The molecule has 102 valence electrons. The number of rotatable bonds is 2. The van der Waals surface area contributed by atoms with E-state index in [4.69, 9.17) is 9.47 Å². The zero-order valence-corrected chi connectivity index (χ0v) is 11.0. The molecule has 1 amide bonds. The lowest BCUT2D eigenvalue weighted by atomic mass is 9.98. The van der Waals surface area contributed by atoms with Gasteiger partial charge in [0.2, 0.25) is 6.79 Å². The smallest absolute Gasteiger partial charge is 0.412 e. The molecule has 1 rings (SSSR count). The maximum atomic E-state index is 11.5. The van der Waals surface area contributed by atoms with Gasteiger partial charge in [-0.15, -0.1) is 0 Å². The number of Topliss-reactive ketones (excluding diaryl/α,β-unsaturated/α-hetero) is 1. The Balaban J connectivity index is 2.25. The number of likely N-dealkylation sites (tertiary alicyclic amines) is 1. The largest absolute Gasteiger partial charge is 0.427 e. The summed E-state index contributed by atoms with van der Waals surface area (Å²) in [7, 11) is 0. The molecule has 1 aliphatic heterocycles. The number of hydrogen-bond donors (Lipinski definition) is 0. The number of hydrogen-bond acceptors (Lipinski definition) is 5. The lowest BCUT2D eigenvalue weighted by molar-refractivity contribution is -0.161. The van der Waals surface area contributed by atoms with E-state index in [0.717, 1.165) is 0 Å². The van der Waals surface area contributed by atoms with Gasteiger partial charge in [0.1, 0.15) is 5.78 Å². The number of carbonyl (C=O) groups excluding carboxylic acids is 3. The highest BCUT2D eigenvalue weighted by atomic mass is 16.7. The van der Waals surface area contributed by atoms with Crippen LogP contribution in [0.3, 0.4) is 0 Å². The van der Waals surface area contributed by atoms with Crippen molar-refractivity contribution >= 4 is 17.8 Å². The van der Waals surface area contributed by atoms with Gasteiger partial charge in [-0.05, 0) is 20.8 Å². The van der Waals surface area contributed by atoms with E-state index in [1.807, 2.05) is 0 Å². The first-order chi connectivity index (χ1) is 8.30. The third-order valence-corrected chi connectivity index (χ3v) is 2.56. The van der Waals surface area contributed by atoms with Crippen LogP contribution in [0.5, 0.6) is 0 Å². The second-order valence-electron chi connectivity index (χ2n) is 5.24. The van der Waals surface area contributed by atoms with E-state index >= 15 is 0 Å². The summed E-state index contributed by atoms with van der Waals surface area (Å²) in [6.45, 7) is 5.49. The lowest BCUT2D eigenvalue weighted by Gasteiger charge is -2.25. The fourth-order valence-corrected chi connectivity index (χ4v) is 1.38. The van der Waals surface area contributed by atoms with Gasteiger partial charge in [-0.3, -0.25) is 9.59 Å². The number of amides is 1. The van der Waals surface area contributed by atoms with Gasteiger partial charge < -0.3 is 14.4 Å². The number of piperidine rings is 1. The molecule has 1 saturated heterocycles. The molecule has 0 aromatic rings. The van der Waals surface area contributed by atoms with Gasteiger partial charge in [0.05, 0.1) is 5.41 Å². The lowest BCUT2D eigenvalue weighted by Crippen LogP contribution is -2.39. The molecule has 0 radical (unpaired) electrons. The molecule has 0 unspecified atom stereocenters. The molecule has 0 atom stereocenters. The maximum absolute atomic E-state index is 11.5. The van der Waals surface area contributed by atoms with E-state index in [1.54, 1.807) is 20.8 Å². The van der Waals surface area contributed by atoms with Crippen LogP contribution >= 0.6 is 0 Å². The Hall–Kier alpha value is -1.59. The van der Waals surface area contributed by atoms with Gasteiger partial charge in [-0.2, -0.15) is 0 Å². The highest BCUT2D eigenvalue weighted by Gasteiger charge is 2.25. The van der Waals surface area contributed by atoms with Crippen molar-refractivity contribution in [2.24, 2.45) is 5.41 Å². The van der Waals surface area contributed by atoms with Crippen LogP contribution in [0.2, 0.25) is 0 Å². The third-order valence-electron chi connectivity index (χ3n) is 2.56. The molecular formula is C12H19NO5. The van der Waals surface area contributed by atoms with E-state index in [2.05, 4.69) is 0 Å². The molecular weight excluding hydrogens is 238 g/mol. The van der Waals surface area contributed by atoms with Gasteiger partial charge in [-0.1, -0.05) is 0 Å². The van der Waals surface area contributed by atoms with E-state index in [1.165, 1.54) is 4.90 Å². The Bertz CT molecular complexity index is 335. The molecule has 0 saturated carbocycles. The molecule has 18 heavy (non-hydrogen) atoms. The molecule has 0 aliphatic carbocycles. The van der Waals surface area contributed by atoms with Gasteiger partial charge >= 0.3 is 12.1 Å². The normalized spacial score (nSPS) is 16.4. The quantitative estimate of drug-likeness (QED) is 0.551. The summed E-state index contributed by atoms with van der Waals surface area (Å²) in [6, 6.07) is 0. The highest BCUT2D eigenvalue weighted by molar-refractivity contribution is 5.81.